The summed E-state index contributed by atoms with van der Waals surface area (Å²) < 4.78 is 36.1. The van der Waals surface area contributed by atoms with Gasteiger partial charge in [0.15, 0.2) is 9.84 Å². The minimum Gasteiger partial charge on any atom is -0.462 e. The third kappa shape index (κ3) is 39.7. The number of unbranched alkanes of at least 4 members (excludes halogenated alkanes) is 28. The molecule has 1 aliphatic heterocycles. The molecule has 0 aromatic carbocycles. The molecule has 1 aliphatic rings. The maximum Gasteiger partial charge on any atom is 0.306 e. The largest absolute Gasteiger partial charge is 0.462 e. The third-order valence-electron chi connectivity index (χ3n) is 14.2. The summed E-state index contributed by atoms with van der Waals surface area (Å²) in [6.07, 6.45) is 45.4. The van der Waals surface area contributed by atoms with Gasteiger partial charge in [-0.05, 0) is 77.0 Å². The van der Waals surface area contributed by atoms with Gasteiger partial charge in [-0.25, -0.2) is 8.42 Å². The van der Waals surface area contributed by atoms with E-state index in [-0.39, 0.29) is 41.6 Å². The molecular formula is C57H110N2O7S. The first-order chi connectivity index (χ1) is 32.6. The van der Waals surface area contributed by atoms with E-state index in [4.69, 9.17) is 9.47 Å². The zero-order valence-electron chi connectivity index (χ0n) is 44.8. The summed E-state index contributed by atoms with van der Waals surface area (Å²) in [7, 11) is -2.96. The summed E-state index contributed by atoms with van der Waals surface area (Å²) >= 11 is 0. The Morgan fingerprint density at radius 1 is 0.418 bits per heavy atom. The topological polar surface area (TPSA) is 110 Å². The van der Waals surface area contributed by atoms with Gasteiger partial charge in [0.2, 0.25) is 5.91 Å². The van der Waals surface area contributed by atoms with Gasteiger partial charge < -0.3 is 19.3 Å². The second kappa shape index (κ2) is 45.5. The van der Waals surface area contributed by atoms with Crippen molar-refractivity contribution in [3.63, 3.8) is 0 Å². The minimum atomic E-state index is -2.96. The predicted octanol–water partition coefficient (Wildman–Crippen LogP) is 15.4. The van der Waals surface area contributed by atoms with Crippen molar-refractivity contribution in [2.45, 2.75) is 303 Å². The lowest BCUT2D eigenvalue weighted by atomic mass is 10.0. The number of carbonyl (C=O) groups excluding carboxylic acids is 3. The highest BCUT2D eigenvalue weighted by Gasteiger charge is 2.23. The molecule has 1 saturated heterocycles. The SMILES string of the molecule is CCCCCCCCCC(CCCCCCCC)OC(=O)CCCCCCCN(CCCCCC(=O)OC(CCCCCCCC)CCCCCCCCC)C(=O)CCN1CCS(=O)(=O)CC1. The number of nitrogens with zero attached hydrogens (tertiary/aromatic N) is 2. The highest BCUT2D eigenvalue weighted by molar-refractivity contribution is 7.91. The van der Waals surface area contributed by atoms with Crippen LogP contribution in [0.25, 0.3) is 0 Å². The van der Waals surface area contributed by atoms with E-state index in [1.807, 2.05) is 4.90 Å². The Hall–Kier alpha value is -1.68. The molecule has 1 amide bonds. The predicted molar refractivity (Wildman–Crippen MR) is 283 cm³/mol. The number of hydrogen-bond donors (Lipinski definition) is 0. The number of ether oxygens (including phenoxy) is 2. The third-order valence-corrected chi connectivity index (χ3v) is 15.8. The lowest BCUT2D eigenvalue weighted by Crippen LogP contribution is -2.42. The minimum absolute atomic E-state index is 0.0351. The maximum atomic E-state index is 13.6. The Morgan fingerprint density at radius 2 is 0.716 bits per heavy atom. The smallest absolute Gasteiger partial charge is 0.306 e. The van der Waals surface area contributed by atoms with Crippen molar-refractivity contribution in [1.29, 1.82) is 0 Å². The Morgan fingerprint density at radius 3 is 1.07 bits per heavy atom. The fourth-order valence-corrected chi connectivity index (χ4v) is 10.9. The van der Waals surface area contributed by atoms with E-state index in [2.05, 4.69) is 32.6 Å². The van der Waals surface area contributed by atoms with Crippen molar-refractivity contribution < 1.29 is 32.3 Å². The molecule has 0 aromatic heterocycles. The van der Waals surface area contributed by atoms with Crippen LogP contribution < -0.4 is 0 Å². The Balaban J connectivity index is 2.57. The van der Waals surface area contributed by atoms with Crippen molar-refractivity contribution in [2.75, 3.05) is 44.2 Å². The molecule has 2 unspecified atom stereocenters. The average Bonchev–Trinajstić information content (AvgIpc) is 3.31. The molecule has 0 bridgehead atoms. The summed E-state index contributed by atoms with van der Waals surface area (Å²) in [6.45, 7) is 12.0. The molecule has 10 heteroatoms. The number of carbonyl (C=O) groups is 3. The Kier molecular flexibility index (Phi) is 43.0. The summed E-state index contributed by atoms with van der Waals surface area (Å²) in [4.78, 5) is 43.7. The van der Waals surface area contributed by atoms with E-state index in [0.717, 1.165) is 103 Å². The van der Waals surface area contributed by atoms with Gasteiger partial charge >= 0.3 is 11.9 Å². The van der Waals surface area contributed by atoms with Gasteiger partial charge in [0.1, 0.15) is 12.2 Å². The standard InChI is InChI=1S/C57H110N2O7S/c1-5-9-13-17-21-26-33-41-53(39-31-24-19-15-11-7-3)65-56(61)43-35-28-23-29-37-46-59(55(60)45-48-58-49-51-67(63,64)52-50-58)47-38-30-36-44-57(62)66-54(40-32-25-20-16-12-8-4)42-34-27-22-18-14-10-6-2/h53-54H,5-52H2,1-4H3. The van der Waals surface area contributed by atoms with Crippen LogP contribution in [-0.2, 0) is 33.7 Å². The molecule has 1 fully saturated rings. The quantitative estimate of drug-likeness (QED) is 0.0438. The van der Waals surface area contributed by atoms with Gasteiger partial charge in [-0.3, -0.25) is 14.4 Å². The van der Waals surface area contributed by atoms with E-state index in [9.17, 15) is 22.8 Å². The van der Waals surface area contributed by atoms with Crippen LogP contribution >= 0.6 is 0 Å². The van der Waals surface area contributed by atoms with Gasteiger partial charge in [0.05, 0.1) is 11.5 Å². The van der Waals surface area contributed by atoms with Crippen molar-refractivity contribution >= 4 is 27.7 Å². The highest BCUT2D eigenvalue weighted by atomic mass is 32.2. The number of hydrogen-bond acceptors (Lipinski definition) is 8. The monoisotopic (exact) mass is 967 g/mol. The van der Waals surface area contributed by atoms with Gasteiger partial charge in [-0.15, -0.1) is 0 Å². The summed E-state index contributed by atoms with van der Waals surface area (Å²) in [5.74, 6) is 0.365. The first-order valence-corrected chi connectivity index (χ1v) is 31.1. The van der Waals surface area contributed by atoms with Crippen LogP contribution in [0.5, 0.6) is 0 Å². The van der Waals surface area contributed by atoms with E-state index < -0.39 is 9.84 Å². The van der Waals surface area contributed by atoms with E-state index in [1.165, 1.54) is 141 Å². The van der Waals surface area contributed by atoms with Crippen LogP contribution in [0.15, 0.2) is 0 Å². The van der Waals surface area contributed by atoms with Gasteiger partial charge in [0, 0.05) is 52.0 Å². The average molecular weight is 968 g/mol. The molecule has 2 atom stereocenters. The number of amides is 1. The second-order valence-electron chi connectivity index (χ2n) is 20.6. The summed E-state index contributed by atoms with van der Waals surface area (Å²) in [5, 5.41) is 0. The molecule has 1 heterocycles. The van der Waals surface area contributed by atoms with Crippen molar-refractivity contribution in [2.24, 2.45) is 0 Å². The molecule has 67 heavy (non-hydrogen) atoms. The first kappa shape index (κ1) is 63.3. The summed E-state index contributed by atoms with van der Waals surface area (Å²) in [5.41, 5.74) is 0. The summed E-state index contributed by atoms with van der Waals surface area (Å²) in [6, 6.07) is 0. The van der Waals surface area contributed by atoms with Crippen LogP contribution in [0.4, 0.5) is 0 Å². The molecule has 1 rings (SSSR count). The molecule has 9 nitrogen and oxygen atoms in total. The molecule has 0 aromatic rings. The van der Waals surface area contributed by atoms with Gasteiger partial charge in [-0.2, -0.15) is 0 Å². The van der Waals surface area contributed by atoms with Crippen molar-refractivity contribution in [3.8, 4) is 0 Å². The van der Waals surface area contributed by atoms with Crippen molar-refractivity contribution in [1.82, 2.24) is 9.80 Å². The Bertz CT molecular complexity index is 1250. The van der Waals surface area contributed by atoms with E-state index in [0.29, 0.717) is 52.0 Å². The molecule has 0 spiro atoms. The lowest BCUT2D eigenvalue weighted by molar-refractivity contribution is -0.151. The molecule has 396 valence electrons. The molecule has 0 radical (unpaired) electrons. The van der Waals surface area contributed by atoms with Crippen molar-refractivity contribution in [3.05, 3.63) is 0 Å². The van der Waals surface area contributed by atoms with Crippen LogP contribution in [0.1, 0.15) is 291 Å². The zero-order valence-corrected chi connectivity index (χ0v) is 45.6. The normalized spacial score (nSPS) is 14.8. The van der Waals surface area contributed by atoms with Crippen LogP contribution in [-0.4, -0.2) is 92.5 Å². The molecule has 0 saturated carbocycles. The van der Waals surface area contributed by atoms with Crippen LogP contribution in [0.2, 0.25) is 0 Å². The zero-order chi connectivity index (χ0) is 48.9. The van der Waals surface area contributed by atoms with E-state index >= 15 is 0 Å². The van der Waals surface area contributed by atoms with Gasteiger partial charge in [-0.1, -0.05) is 195 Å². The Labute approximate surface area is 415 Å². The van der Waals surface area contributed by atoms with Crippen LogP contribution in [0.3, 0.4) is 0 Å². The molecule has 0 aliphatic carbocycles. The van der Waals surface area contributed by atoms with E-state index in [1.54, 1.807) is 0 Å². The maximum absolute atomic E-state index is 13.6. The first-order valence-electron chi connectivity index (χ1n) is 29.2. The molecular weight excluding hydrogens is 857 g/mol. The highest BCUT2D eigenvalue weighted by Crippen LogP contribution is 2.21. The number of esters is 2. The van der Waals surface area contributed by atoms with Crippen LogP contribution in [0, 0.1) is 0 Å². The fraction of sp³-hybridized carbons (Fsp3) is 0.947. The lowest BCUT2D eigenvalue weighted by Gasteiger charge is -2.28. The van der Waals surface area contributed by atoms with Gasteiger partial charge in [0.25, 0.3) is 0 Å². The number of rotatable bonds is 49. The fourth-order valence-electron chi connectivity index (χ4n) is 9.57. The second-order valence-corrected chi connectivity index (χ2v) is 22.9. The number of sulfone groups is 1. The molecule has 0 N–H and O–H groups in total.